The van der Waals surface area contributed by atoms with Crippen molar-refractivity contribution >= 4 is 11.9 Å². The molecule has 0 aromatic heterocycles. The lowest BCUT2D eigenvalue weighted by Crippen LogP contribution is -2.42. The minimum absolute atomic E-state index is 0.0784. The van der Waals surface area contributed by atoms with E-state index in [0.717, 1.165) is 5.56 Å². The van der Waals surface area contributed by atoms with E-state index in [1.54, 1.807) is 0 Å². The van der Waals surface area contributed by atoms with E-state index >= 15 is 0 Å². The van der Waals surface area contributed by atoms with Crippen LogP contribution in [0.3, 0.4) is 0 Å². The molecule has 0 heterocycles. The van der Waals surface area contributed by atoms with Crippen LogP contribution in [-0.2, 0) is 16.0 Å². The smallest absolute Gasteiger partial charge is 0.306 e. The molecular formula is C13H17NO4. The van der Waals surface area contributed by atoms with Gasteiger partial charge in [-0.15, -0.1) is 0 Å². The third kappa shape index (κ3) is 5.45. The second-order valence-corrected chi connectivity index (χ2v) is 4.51. The first kappa shape index (κ1) is 14.2. The van der Waals surface area contributed by atoms with Gasteiger partial charge in [-0.3, -0.25) is 9.59 Å². The van der Waals surface area contributed by atoms with Gasteiger partial charge >= 0.3 is 5.97 Å². The van der Waals surface area contributed by atoms with E-state index < -0.39 is 18.0 Å². The molecule has 0 aliphatic rings. The van der Waals surface area contributed by atoms with Gasteiger partial charge in [0.15, 0.2) is 0 Å². The van der Waals surface area contributed by atoms with Crippen LogP contribution in [0, 0.1) is 0 Å². The molecule has 18 heavy (non-hydrogen) atoms. The summed E-state index contributed by atoms with van der Waals surface area (Å²) in [5, 5.41) is 20.8. The number of carbonyl (C=O) groups is 2. The van der Waals surface area contributed by atoms with E-state index in [-0.39, 0.29) is 18.9 Å². The van der Waals surface area contributed by atoms with Gasteiger partial charge < -0.3 is 15.5 Å². The largest absolute Gasteiger partial charge is 0.481 e. The number of aliphatic carboxylic acids is 1. The highest BCUT2D eigenvalue weighted by atomic mass is 16.4. The Kier molecular flexibility index (Phi) is 4.85. The molecule has 0 saturated heterocycles. The lowest BCUT2D eigenvalue weighted by atomic mass is 10.0. The Morgan fingerprint density at radius 3 is 2.44 bits per heavy atom. The van der Waals surface area contributed by atoms with Crippen LogP contribution >= 0.6 is 0 Å². The van der Waals surface area contributed by atoms with E-state index in [0.29, 0.717) is 0 Å². The zero-order valence-corrected chi connectivity index (χ0v) is 10.2. The maximum atomic E-state index is 11.6. The van der Waals surface area contributed by atoms with Gasteiger partial charge in [0.05, 0.1) is 18.4 Å². The molecule has 0 saturated carbocycles. The van der Waals surface area contributed by atoms with E-state index in [2.05, 4.69) is 5.32 Å². The first-order valence-corrected chi connectivity index (χ1v) is 5.64. The van der Waals surface area contributed by atoms with Crippen LogP contribution in [0.5, 0.6) is 0 Å². The third-order valence-corrected chi connectivity index (χ3v) is 2.41. The van der Waals surface area contributed by atoms with Gasteiger partial charge in [0.25, 0.3) is 0 Å². The minimum atomic E-state index is -1.43. The van der Waals surface area contributed by atoms with E-state index in [1.807, 2.05) is 30.3 Å². The van der Waals surface area contributed by atoms with E-state index in [9.17, 15) is 14.7 Å². The predicted octanol–water partition coefficient (Wildman–Crippen LogP) is 0.571. The van der Waals surface area contributed by atoms with Crippen LogP contribution in [0.2, 0.25) is 0 Å². The molecule has 0 radical (unpaired) electrons. The van der Waals surface area contributed by atoms with Gasteiger partial charge in [-0.2, -0.15) is 0 Å². The Bertz CT molecular complexity index is 414. The van der Waals surface area contributed by atoms with E-state index in [4.69, 9.17) is 5.11 Å². The number of amides is 1. The van der Waals surface area contributed by atoms with Crippen molar-refractivity contribution in [1.29, 1.82) is 0 Å². The van der Waals surface area contributed by atoms with Crippen molar-refractivity contribution < 1.29 is 19.8 Å². The molecule has 0 aliphatic heterocycles. The number of carboxylic acid groups (broad SMARTS) is 1. The molecule has 3 N–H and O–H groups in total. The highest BCUT2D eigenvalue weighted by molar-refractivity contribution is 5.78. The molecule has 1 amide bonds. The van der Waals surface area contributed by atoms with Crippen molar-refractivity contribution in [3.05, 3.63) is 35.9 Å². The minimum Gasteiger partial charge on any atom is -0.481 e. The summed E-state index contributed by atoms with van der Waals surface area (Å²) in [4.78, 5) is 22.1. The normalized spacial score (nSPS) is 13.7. The molecule has 98 valence electrons. The molecule has 1 atom stereocenters. The van der Waals surface area contributed by atoms with Crippen LogP contribution in [0.15, 0.2) is 30.3 Å². The monoisotopic (exact) mass is 251 g/mol. The van der Waals surface area contributed by atoms with Crippen molar-refractivity contribution in [2.24, 2.45) is 0 Å². The Labute approximate surface area is 105 Å². The summed E-state index contributed by atoms with van der Waals surface area (Å²) in [6, 6.07) is 9.19. The van der Waals surface area contributed by atoms with Gasteiger partial charge in [-0.05, 0) is 12.5 Å². The molecular weight excluding hydrogens is 234 g/mol. The Morgan fingerprint density at radius 2 is 1.89 bits per heavy atom. The standard InChI is InChI=1S/C13H17NO4/c1-13(18,8-12(16)17)9-14-11(15)7-10-5-3-2-4-6-10/h2-6,18H,7-9H2,1H3,(H,14,15)(H,16,17). The average Bonchev–Trinajstić information content (AvgIpc) is 2.26. The Morgan fingerprint density at radius 1 is 1.28 bits per heavy atom. The molecule has 1 unspecified atom stereocenters. The zero-order chi connectivity index (χ0) is 13.6. The molecule has 0 fully saturated rings. The Balaban J connectivity index is 2.40. The number of hydrogen-bond acceptors (Lipinski definition) is 3. The summed E-state index contributed by atoms with van der Waals surface area (Å²) in [5.74, 6) is -1.34. The first-order chi connectivity index (χ1) is 8.39. The topological polar surface area (TPSA) is 86.6 Å². The Hall–Kier alpha value is -1.88. The van der Waals surface area contributed by atoms with Crippen molar-refractivity contribution in [3.63, 3.8) is 0 Å². The van der Waals surface area contributed by atoms with Gasteiger partial charge in [-0.1, -0.05) is 30.3 Å². The SMILES string of the molecule is CC(O)(CNC(=O)Cc1ccccc1)CC(=O)O. The maximum absolute atomic E-state index is 11.6. The number of hydrogen-bond donors (Lipinski definition) is 3. The molecule has 5 nitrogen and oxygen atoms in total. The summed E-state index contributed by atoms with van der Waals surface area (Å²) in [5.41, 5.74) is -0.564. The quantitative estimate of drug-likeness (QED) is 0.690. The van der Waals surface area contributed by atoms with Crippen LogP contribution in [0.1, 0.15) is 18.9 Å². The number of carbonyl (C=O) groups excluding carboxylic acids is 1. The lowest BCUT2D eigenvalue weighted by Gasteiger charge is -2.21. The molecule has 0 bridgehead atoms. The fraction of sp³-hybridized carbons (Fsp3) is 0.385. The van der Waals surface area contributed by atoms with Crippen molar-refractivity contribution in [2.75, 3.05) is 6.54 Å². The highest BCUT2D eigenvalue weighted by Gasteiger charge is 2.24. The molecule has 1 aromatic rings. The van der Waals surface area contributed by atoms with Crippen molar-refractivity contribution in [2.45, 2.75) is 25.4 Å². The zero-order valence-electron chi connectivity index (χ0n) is 10.2. The number of rotatable bonds is 6. The third-order valence-electron chi connectivity index (χ3n) is 2.41. The van der Waals surface area contributed by atoms with Crippen LogP contribution in [0.25, 0.3) is 0 Å². The first-order valence-electron chi connectivity index (χ1n) is 5.64. The lowest BCUT2D eigenvalue weighted by molar-refractivity contribution is -0.142. The number of nitrogens with one attached hydrogen (secondary N) is 1. The summed E-state index contributed by atoms with van der Waals surface area (Å²) in [6.45, 7) is 1.30. The van der Waals surface area contributed by atoms with Gasteiger partial charge in [-0.25, -0.2) is 0 Å². The summed E-state index contributed by atoms with van der Waals surface area (Å²) >= 11 is 0. The second kappa shape index (κ2) is 6.16. The summed E-state index contributed by atoms with van der Waals surface area (Å²) in [7, 11) is 0. The molecule has 0 aliphatic carbocycles. The van der Waals surface area contributed by atoms with Gasteiger partial charge in [0.1, 0.15) is 0 Å². The van der Waals surface area contributed by atoms with Gasteiger partial charge in [0, 0.05) is 6.54 Å². The molecule has 1 aromatic carbocycles. The fourth-order valence-electron chi connectivity index (χ4n) is 1.52. The van der Waals surface area contributed by atoms with Crippen LogP contribution in [0.4, 0.5) is 0 Å². The van der Waals surface area contributed by atoms with E-state index in [1.165, 1.54) is 6.92 Å². The van der Waals surface area contributed by atoms with Crippen LogP contribution < -0.4 is 5.32 Å². The summed E-state index contributed by atoms with van der Waals surface area (Å²) in [6.07, 6.45) is -0.192. The number of aliphatic hydroxyl groups is 1. The molecule has 0 spiro atoms. The van der Waals surface area contributed by atoms with Crippen LogP contribution in [-0.4, -0.2) is 34.2 Å². The maximum Gasteiger partial charge on any atom is 0.306 e. The number of benzene rings is 1. The molecule has 1 rings (SSSR count). The second-order valence-electron chi connectivity index (χ2n) is 4.51. The summed E-state index contributed by atoms with van der Waals surface area (Å²) < 4.78 is 0. The highest BCUT2D eigenvalue weighted by Crippen LogP contribution is 2.07. The average molecular weight is 251 g/mol. The molecule has 5 heteroatoms. The predicted molar refractivity (Wildman–Crippen MR) is 66.0 cm³/mol. The van der Waals surface area contributed by atoms with Crippen molar-refractivity contribution in [3.8, 4) is 0 Å². The fourth-order valence-corrected chi connectivity index (χ4v) is 1.52. The van der Waals surface area contributed by atoms with Crippen molar-refractivity contribution in [1.82, 2.24) is 5.32 Å². The van der Waals surface area contributed by atoms with Gasteiger partial charge in [0.2, 0.25) is 5.91 Å². The number of carboxylic acids is 1.